The zero-order chi connectivity index (χ0) is 19.6. The summed E-state index contributed by atoms with van der Waals surface area (Å²) in [6.07, 6.45) is 19.6. The molecule has 1 atom stereocenters. The molecule has 0 fully saturated rings. The Kier molecular flexibility index (Phi) is 10.2. The van der Waals surface area contributed by atoms with E-state index in [1.165, 1.54) is 35.1 Å². The molecule has 1 N–H and O–H groups in total. The Morgan fingerprint density at radius 1 is 0.692 bits per heavy atom. The van der Waals surface area contributed by atoms with Gasteiger partial charge in [-0.3, -0.25) is 0 Å². The van der Waals surface area contributed by atoms with Gasteiger partial charge in [-0.25, -0.2) is 0 Å². The molecule has 0 unspecified atom stereocenters. The highest BCUT2D eigenvalue weighted by atomic mass is 16.3. The van der Waals surface area contributed by atoms with Crippen molar-refractivity contribution in [3.63, 3.8) is 0 Å². The fraction of sp³-hybridized carbons (Fsp3) is 0.680. The Hall–Kier alpha value is -1.08. The van der Waals surface area contributed by atoms with Crippen molar-refractivity contribution in [2.45, 2.75) is 105 Å². The quantitative estimate of drug-likeness (QED) is 0.476. The van der Waals surface area contributed by atoms with Crippen LogP contribution in [0.1, 0.15) is 99.3 Å². The summed E-state index contributed by atoms with van der Waals surface area (Å²) in [5.41, 5.74) is 5.32. The molecule has 1 nitrogen and oxygen atoms in total. The minimum absolute atomic E-state index is 0.318. The lowest BCUT2D eigenvalue weighted by Crippen LogP contribution is -2.30. The van der Waals surface area contributed by atoms with Crippen LogP contribution in [0.15, 0.2) is 46.6 Å². The summed E-state index contributed by atoms with van der Waals surface area (Å²) < 4.78 is 0. The van der Waals surface area contributed by atoms with Crippen LogP contribution < -0.4 is 0 Å². The molecule has 0 aromatic carbocycles. The molecule has 0 saturated heterocycles. The van der Waals surface area contributed by atoms with Gasteiger partial charge in [0.05, 0.1) is 5.60 Å². The lowest BCUT2D eigenvalue weighted by molar-refractivity contribution is 0.0145. The number of hydrogen-bond donors (Lipinski definition) is 1. The Balaban J connectivity index is 2.87. The van der Waals surface area contributed by atoms with Gasteiger partial charge < -0.3 is 5.11 Å². The second-order valence-electron chi connectivity index (χ2n) is 8.94. The number of hydrogen-bond acceptors (Lipinski definition) is 1. The normalized spacial score (nSPS) is 31.1. The van der Waals surface area contributed by atoms with Crippen LogP contribution in [0, 0.1) is 5.92 Å². The van der Waals surface area contributed by atoms with Crippen molar-refractivity contribution in [3.05, 3.63) is 46.6 Å². The summed E-state index contributed by atoms with van der Waals surface area (Å²) in [5.74, 6) is 0.318. The first-order valence-electron chi connectivity index (χ1n) is 10.5. The van der Waals surface area contributed by atoms with Gasteiger partial charge in [-0.15, -0.1) is 0 Å². The fourth-order valence-corrected chi connectivity index (χ4v) is 3.55. The number of allylic oxidation sites excluding steroid dienone is 8. The SMILES string of the molecule is C/C1=C\CC/C(C)=C/C[C@@H](C(C)(C)O)CC/C(C)=C/CC/C(C)=C/CC1. The van der Waals surface area contributed by atoms with Crippen molar-refractivity contribution in [1.29, 1.82) is 0 Å². The summed E-state index contributed by atoms with van der Waals surface area (Å²) in [6.45, 7) is 12.9. The first-order valence-corrected chi connectivity index (χ1v) is 10.5. The molecule has 0 bridgehead atoms. The first-order chi connectivity index (χ1) is 12.2. The maximum absolute atomic E-state index is 10.6. The molecule has 148 valence electrons. The van der Waals surface area contributed by atoms with Gasteiger partial charge in [0, 0.05) is 0 Å². The van der Waals surface area contributed by atoms with Gasteiger partial charge in [0.1, 0.15) is 0 Å². The third kappa shape index (κ3) is 10.2. The molecule has 0 amide bonds. The Morgan fingerprint density at radius 3 is 1.50 bits per heavy atom. The molecule has 0 aromatic heterocycles. The van der Waals surface area contributed by atoms with Crippen molar-refractivity contribution in [1.82, 2.24) is 0 Å². The molecule has 0 aromatic rings. The van der Waals surface area contributed by atoms with Crippen LogP contribution in [0.3, 0.4) is 0 Å². The van der Waals surface area contributed by atoms with Crippen molar-refractivity contribution >= 4 is 0 Å². The fourth-order valence-electron chi connectivity index (χ4n) is 3.55. The standard InChI is InChI=1S/C25H42O/c1-20-10-7-11-21(2)13-9-15-23(4)17-19-24(25(5,6)26)18-16-22(3)14-8-12-20/h10,13-14,17,24,26H,7-9,11-12,15-16,18-19H2,1-6H3/b20-10+,21-13+,22-14+,23-17+/t24-/m0/s1. The lowest BCUT2D eigenvalue weighted by atomic mass is 9.83. The predicted octanol–water partition coefficient (Wildman–Crippen LogP) is 7.68. The van der Waals surface area contributed by atoms with E-state index in [1.54, 1.807) is 0 Å². The van der Waals surface area contributed by atoms with Gasteiger partial charge >= 0.3 is 0 Å². The summed E-state index contributed by atoms with van der Waals surface area (Å²) in [5, 5.41) is 10.6. The molecular weight excluding hydrogens is 316 g/mol. The molecule has 1 heteroatoms. The average Bonchev–Trinajstić information content (AvgIpc) is 2.52. The Bertz CT molecular complexity index is 537. The van der Waals surface area contributed by atoms with Crippen molar-refractivity contribution in [2.24, 2.45) is 5.92 Å². The van der Waals surface area contributed by atoms with Gasteiger partial charge in [-0.1, -0.05) is 46.6 Å². The van der Waals surface area contributed by atoms with E-state index in [-0.39, 0.29) is 0 Å². The van der Waals surface area contributed by atoms with Crippen LogP contribution in [0.4, 0.5) is 0 Å². The predicted molar refractivity (Wildman–Crippen MR) is 116 cm³/mol. The summed E-state index contributed by atoms with van der Waals surface area (Å²) in [4.78, 5) is 0. The van der Waals surface area contributed by atoms with Gasteiger partial charge in [-0.2, -0.15) is 0 Å². The highest BCUT2D eigenvalue weighted by molar-refractivity contribution is 5.08. The molecule has 26 heavy (non-hydrogen) atoms. The summed E-state index contributed by atoms with van der Waals surface area (Å²) in [6, 6.07) is 0. The number of aliphatic hydroxyl groups is 1. The van der Waals surface area contributed by atoms with E-state index in [4.69, 9.17) is 0 Å². The zero-order valence-electron chi connectivity index (χ0n) is 18.2. The van der Waals surface area contributed by atoms with Crippen LogP contribution in [-0.4, -0.2) is 10.7 Å². The molecule has 0 spiro atoms. The Labute approximate surface area is 163 Å². The summed E-state index contributed by atoms with van der Waals surface area (Å²) >= 11 is 0. The van der Waals surface area contributed by atoms with Gasteiger partial charge in [0.25, 0.3) is 0 Å². The van der Waals surface area contributed by atoms with Crippen molar-refractivity contribution < 1.29 is 5.11 Å². The van der Waals surface area contributed by atoms with Crippen LogP contribution in [0.2, 0.25) is 0 Å². The largest absolute Gasteiger partial charge is 0.390 e. The van der Waals surface area contributed by atoms with Crippen LogP contribution in [-0.2, 0) is 0 Å². The number of rotatable bonds is 1. The van der Waals surface area contributed by atoms with Crippen LogP contribution in [0.25, 0.3) is 0 Å². The highest BCUT2D eigenvalue weighted by Gasteiger charge is 2.25. The molecular formula is C25H42O. The second kappa shape index (κ2) is 11.6. The third-order valence-electron chi connectivity index (χ3n) is 5.73. The zero-order valence-corrected chi connectivity index (χ0v) is 18.2. The maximum Gasteiger partial charge on any atom is 0.0622 e. The molecule has 0 saturated carbocycles. The van der Waals surface area contributed by atoms with E-state index in [0.717, 1.165) is 44.9 Å². The topological polar surface area (TPSA) is 20.2 Å². The highest BCUT2D eigenvalue weighted by Crippen LogP contribution is 2.28. The molecule has 1 rings (SSSR count). The van der Waals surface area contributed by atoms with E-state index in [2.05, 4.69) is 52.0 Å². The van der Waals surface area contributed by atoms with Gasteiger partial charge in [0.2, 0.25) is 0 Å². The van der Waals surface area contributed by atoms with Gasteiger partial charge in [0.15, 0.2) is 0 Å². The van der Waals surface area contributed by atoms with E-state index in [9.17, 15) is 5.11 Å². The van der Waals surface area contributed by atoms with Gasteiger partial charge in [-0.05, 0) is 105 Å². The minimum Gasteiger partial charge on any atom is -0.390 e. The Morgan fingerprint density at radius 2 is 1.08 bits per heavy atom. The molecule has 0 aliphatic heterocycles. The molecule has 0 heterocycles. The van der Waals surface area contributed by atoms with Crippen LogP contribution >= 0.6 is 0 Å². The lowest BCUT2D eigenvalue weighted by Gasteiger charge is -2.29. The molecule has 0 radical (unpaired) electrons. The second-order valence-corrected chi connectivity index (χ2v) is 8.94. The monoisotopic (exact) mass is 358 g/mol. The van der Waals surface area contributed by atoms with E-state index in [0.29, 0.717) is 5.92 Å². The van der Waals surface area contributed by atoms with E-state index >= 15 is 0 Å². The first kappa shape index (κ1) is 23.0. The van der Waals surface area contributed by atoms with Crippen molar-refractivity contribution in [2.75, 3.05) is 0 Å². The maximum atomic E-state index is 10.6. The van der Waals surface area contributed by atoms with E-state index in [1.807, 2.05) is 13.8 Å². The molecule has 1 aliphatic rings. The minimum atomic E-state index is -0.617. The van der Waals surface area contributed by atoms with Crippen molar-refractivity contribution in [3.8, 4) is 0 Å². The third-order valence-corrected chi connectivity index (χ3v) is 5.73. The smallest absolute Gasteiger partial charge is 0.0622 e. The average molecular weight is 359 g/mol. The summed E-state index contributed by atoms with van der Waals surface area (Å²) in [7, 11) is 0. The molecule has 1 aliphatic carbocycles. The van der Waals surface area contributed by atoms with Crippen LogP contribution in [0.5, 0.6) is 0 Å². The van der Waals surface area contributed by atoms with E-state index < -0.39 is 5.60 Å².